The van der Waals surface area contributed by atoms with Gasteiger partial charge in [-0.15, -0.1) is 0 Å². The van der Waals surface area contributed by atoms with Crippen LogP contribution in [0.25, 0.3) is 0 Å². The van der Waals surface area contributed by atoms with Crippen molar-refractivity contribution in [3.05, 3.63) is 0 Å². The summed E-state index contributed by atoms with van der Waals surface area (Å²) in [6, 6.07) is -0.139. The van der Waals surface area contributed by atoms with Gasteiger partial charge in [-0.2, -0.15) is 0 Å². The molecule has 0 aliphatic rings. The van der Waals surface area contributed by atoms with Gasteiger partial charge in [0.05, 0.1) is 0 Å². The third-order valence-corrected chi connectivity index (χ3v) is 5.43. The monoisotopic (exact) mass is 279 g/mol. The van der Waals surface area contributed by atoms with E-state index >= 15 is 0 Å². The van der Waals surface area contributed by atoms with Crippen molar-refractivity contribution < 1.29 is 23.1 Å². The predicted molar refractivity (Wildman–Crippen MR) is 68.0 cm³/mol. The normalized spacial score (nSPS) is 16.7. The van der Waals surface area contributed by atoms with Crippen LogP contribution in [0.5, 0.6) is 0 Å². The maximum atomic E-state index is 12.0. The number of carboxylic acids is 1. The molecule has 1 amide bonds. The van der Waals surface area contributed by atoms with E-state index in [1.807, 2.05) is 6.92 Å². The van der Waals surface area contributed by atoms with Gasteiger partial charge in [0.15, 0.2) is 15.1 Å². The van der Waals surface area contributed by atoms with Gasteiger partial charge in [-0.3, -0.25) is 9.59 Å². The molecule has 6 nitrogen and oxygen atoms in total. The SMILES string of the molecule is CCC(C)NC(=O)C(C)S(=O)(=O)C(CC)C(=O)O. The highest BCUT2D eigenvalue weighted by Gasteiger charge is 2.39. The van der Waals surface area contributed by atoms with Crippen molar-refractivity contribution in [1.29, 1.82) is 0 Å². The number of hydrogen-bond acceptors (Lipinski definition) is 4. The molecule has 0 rings (SSSR count). The molecule has 3 unspecified atom stereocenters. The Labute approximate surface area is 108 Å². The molecule has 0 saturated carbocycles. The summed E-state index contributed by atoms with van der Waals surface area (Å²) >= 11 is 0. The van der Waals surface area contributed by atoms with Crippen LogP contribution in [-0.4, -0.2) is 41.9 Å². The first-order chi connectivity index (χ1) is 8.18. The van der Waals surface area contributed by atoms with Gasteiger partial charge in [-0.25, -0.2) is 8.42 Å². The molecule has 0 saturated heterocycles. The maximum Gasteiger partial charge on any atom is 0.321 e. The van der Waals surface area contributed by atoms with E-state index in [1.165, 1.54) is 13.8 Å². The molecule has 0 aliphatic carbocycles. The van der Waals surface area contributed by atoms with Gasteiger partial charge in [0.2, 0.25) is 5.91 Å². The molecular weight excluding hydrogens is 258 g/mol. The summed E-state index contributed by atoms with van der Waals surface area (Å²) in [5.74, 6) is -2.07. The van der Waals surface area contributed by atoms with Gasteiger partial charge in [-0.1, -0.05) is 13.8 Å². The topological polar surface area (TPSA) is 101 Å². The molecule has 7 heteroatoms. The lowest BCUT2D eigenvalue weighted by molar-refractivity contribution is -0.136. The van der Waals surface area contributed by atoms with Crippen LogP contribution in [0.1, 0.15) is 40.5 Å². The Hall–Kier alpha value is -1.11. The summed E-state index contributed by atoms with van der Waals surface area (Å²) in [5.41, 5.74) is 0. The van der Waals surface area contributed by atoms with Gasteiger partial charge in [-0.05, 0) is 26.7 Å². The van der Waals surface area contributed by atoms with Crippen LogP contribution in [-0.2, 0) is 19.4 Å². The van der Waals surface area contributed by atoms with E-state index < -0.39 is 32.2 Å². The minimum Gasteiger partial charge on any atom is -0.480 e. The average Bonchev–Trinajstić information content (AvgIpc) is 2.27. The lowest BCUT2D eigenvalue weighted by atomic mass is 10.2. The third kappa shape index (κ3) is 3.97. The second-order valence-corrected chi connectivity index (χ2v) is 6.74. The lowest BCUT2D eigenvalue weighted by Gasteiger charge is -2.19. The van der Waals surface area contributed by atoms with Crippen molar-refractivity contribution in [1.82, 2.24) is 5.32 Å². The van der Waals surface area contributed by atoms with E-state index in [1.54, 1.807) is 6.92 Å². The van der Waals surface area contributed by atoms with Crippen molar-refractivity contribution in [2.75, 3.05) is 0 Å². The van der Waals surface area contributed by atoms with Crippen molar-refractivity contribution in [2.45, 2.75) is 57.1 Å². The fourth-order valence-corrected chi connectivity index (χ4v) is 3.01. The van der Waals surface area contributed by atoms with Crippen LogP contribution >= 0.6 is 0 Å². The van der Waals surface area contributed by atoms with E-state index in [9.17, 15) is 18.0 Å². The number of amides is 1. The van der Waals surface area contributed by atoms with Crippen LogP contribution in [0.15, 0.2) is 0 Å². The van der Waals surface area contributed by atoms with Gasteiger partial charge in [0, 0.05) is 6.04 Å². The number of hydrogen-bond donors (Lipinski definition) is 2. The van der Waals surface area contributed by atoms with Crippen LogP contribution in [0, 0.1) is 0 Å². The minimum atomic E-state index is -4.02. The molecule has 0 heterocycles. The molecule has 106 valence electrons. The van der Waals surface area contributed by atoms with E-state index in [-0.39, 0.29) is 12.5 Å². The summed E-state index contributed by atoms with van der Waals surface area (Å²) in [5, 5.41) is 8.51. The highest BCUT2D eigenvalue weighted by molar-refractivity contribution is 7.94. The molecule has 3 atom stereocenters. The van der Waals surface area contributed by atoms with E-state index in [2.05, 4.69) is 5.32 Å². The van der Waals surface area contributed by atoms with Gasteiger partial charge < -0.3 is 10.4 Å². The summed E-state index contributed by atoms with van der Waals surface area (Å²) in [6.45, 7) is 6.30. The van der Waals surface area contributed by atoms with E-state index in [0.29, 0.717) is 6.42 Å². The molecular formula is C11H21NO5S. The largest absolute Gasteiger partial charge is 0.480 e. The standard InChI is InChI=1S/C11H21NO5S/c1-5-7(3)12-10(13)8(4)18(16,17)9(6-2)11(14)15/h7-9H,5-6H2,1-4H3,(H,12,13)(H,14,15). The summed E-state index contributed by atoms with van der Waals surface area (Å²) in [7, 11) is -4.02. The number of sulfone groups is 1. The Bertz CT molecular complexity index is 404. The number of aliphatic carboxylic acids is 1. The van der Waals surface area contributed by atoms with E-state index in [4.69, 9.17) is 5.11 Å². The quantitative estimate of drug-likeness (QED) is 0.709. The van der Waals surface area contributed by atoms with E-state index in [0.717, 1.165) is 0 Å². The molecule has 0 bridgehead atoms. The number of rotatable bonds is 7. The van der Waals surface area contributed by atoms with Gasteiger partial charge in [0.25, 0.3) is 0 Å². The molecule has 18 heavy (non-hydrogen) atoms. The Balaban J connectivity index is 5.01. The van der Waals surface area contributed by atoms with Crippen molar-refractivity contribution in [3.8, 4) is 0 Å². The summed E-state index contributed by atoms with van der Waals surface area (Å²) in [6.07, 6.45) is 0.618. The number of carboxylic acid groups (broad SMARTS) is 1. The summed E-state index contributed by atoms with van der Waals surface area (Å²) < 4.78 is 23.9. The van der Waals surface area contributed by atoms with Crippen molar-refractivity contribution >= 4 is 21.7 Å². The molecule has 0 fully saturated rings. The van der Waals surface area contributed by atoms with Crippen LogP contribution in [0.4, 0.5) is 0 Å². The maximum absolute atomic E-state index is 12.0. The molecule has 0 radical (unpaired) electrons. The second-order valence-electron chi connectivity index (χ2n) is 4.28. The molecule has 0 aliphatic heterocycles. The predicted octanol–water partition coefficient (Wildman–Crippen LogP) is 0.568. The van der Waals surface area contributed by atoms with Crippen LogP contribution < -0.4 is 5.32 Å². The Morgan fingerprint density at radius 2 is 1.67 bits per heavy atom. The third-order valence-electron chi connectivity index (χ3n) is 2.91. The number of nitrogens with one attached hydrogen (secondary N) is 1. The van der Waals surface area contributed by atoms with Gasteiger partial charge >= 0.3 is 5.97 Å². The average molecular weight is 279 g/mol. The van der Waals surface area contributed by atoms with Crippen LogP contribution in [0.3, 0.4) is 0 Å². The molecule has 0 aromatic heterocycles. The molecule has 0 aromatic carbocycles. The molecule has 0 aromatic rings. The van der Waals surface area contributed by atoms with Crippen molar-refractivity contribution in [3.63, 3.8) is 0 Å². The zero-order valence-corrected chi connectivity index (χ0v) is 12.0. The first-order valence-electron chi connectivity index (χ1n) is 5.94. The zero-order valence-electron chi connectivity index (χ0n) is 11.1. The Morgan fingerprint density at radius 1 is 1.17 bits per heavy atom. The number of carbonyl (C=O) groups excluding carboxylic acids is 1. The smallest absolute Gasteiger partial charge is 0.321 e. The molecule has 0 spiro atoms. The zero-order chi connectivity index (χ0) is 14.5. The lowest BCUT2D eigenvalue weighted by Crippen LogP contribution is -2.46. The molecule has 2 N–H and O–H groups in total. The second kappa shape index (κ2) is 6.72. The fourth-order valence-electron chi connectivity index (χ4n) is 1.41. The van der Waals surface area contributed by atoms with Crippen LogP contribution in [0.2, 0.25) is 0 Å². The van der Waals surface area contributed by atoms with Gasteiger partial charge in [0.1, 0.15) is 5.25 Å². The Kier molecular flexibility index (Phi) is 6.31. The highest BCUT2D eigenvalue weighted by Crippen LogP contribution is 2.14. The number of carbonyl (C=O) groups is 2. The fraction of sp³-hybridized carbons (Fsp3) is 0.818. The summed E-state index contributed by atoms with van der Waals surface area (Å²) in [4.78, 5) is 22.6. The first kappa shape index (κ1) is 16.9. The van der Waals surface area contributed by atoms with Crippen molar-refractivity contribution in [2.24, 2.45) is 0 Å². The minimum absolute atomic E-state index is 0.0569. The highest BCUT2D eigenvalue weighted by atomic mass is 32.2. The Morgan fingerprint density at radius 3 is 2.00 bits per heavy atom. The first-order valence-corrected chi connectivity index (χ1v) is 7.55.